The first-order chi connectivity index (χ1) is 5.36. The lowest BCUT2D eigenvalue weighted by atomic mass is 9.95. The van der Waals surface area contributed by atoms with E-state index in [1.807, 2.05) is 27.7 Å². The summed E-state index contributed by atoms with van der Waals surface area (Å²) < 4.78 is 0. The van der Waals surface area contributed by atoms with E-state index in [9.17, 15) is 4.79 Å². The highest BCUT2D eigenvalue weighted by Crippen LogP contribution is 2.20. The molecular weight excluding hydrogens is 160 g/mol. The van der Waals surface area contributed by atoms with Crippen LogP contribution >= 0.6 is 0 Å². The molecule has 0 aliphatic carbocycles. The molecule has 0 fully saturated rings. The van der Waals surface area contributed by atoms with Gasteiger partial charge in [0.25, 0.3) is 0 Å². The van der Waals surface area contributed by atoms with Crippen molar-refractivity contribution in [2.45, 2.75) is 33.3 Å². The Bertz CT molecular complexity index is 151. The topological polar surface area (TPSA) is 55.8 Å². The molecule has 0 aliphatic heterocycles. The van der Waals surface area contributed by atoms with Crippen LogP contribution in [-0.4, -0.2) is 23.3 Å². The Labute approximate surface area is 72.4 Å². The first-order valence-corrected chi connectivity index (χ1v) is 3.88. The maximum Gasteiger partial charge on any atom is 0.333 e. The molecule has 0 saturated carbocycles. The fourth-order valence-corrected chi connectivity index (χ4v) is 0.328. The highest BCUT2D eigenvalue weighted by molar-refractivity contribution is 5.67. The first kappa shape index (κ1) is 11.4. The zero-order valence-electron chi connectivity index (χ0n) is 7.96. The van der Waals surface area contributed by atoms with Gasteiger partial charge in [0.05, 0.1) is 0 Å². The van der Waals surface area contributed by atoms with Crippen molar-refractivity contribution in [3.8, 4) is 0 Å². The van der Waals surface area contributed by atoms with Gasteiger partial charge in [-0.15, -0.1) is 0 Å². The lowest BCUT2D eigenvalue weighted by molar-refractivity contribution is -0.358. The van der Waals surface area contributed by atoms with Gasteiger partial charge in [-0.2, -0.15) is 0 Å². The molecule has 0 aromatic heterocycles. The van der Waals surface area contributed by atoms with Crippen LogP contribution in [0, 0.1) is 5.92 Å². The largest absolute Gasteiger partial charge is 0.479 e. The quantitative estimate of drug-likeness (QED) is 0.509. The van der Waals surface area contributed by atoms with Crippen LogP contribution in [0.4, 0.5) is 0 Å². The van der Waals surface area contributed by atoms with Crippen LogP contribution < -0.4 is 0 Å². The third-order valence-electron chi connectivity index (χ3n) is 1.85. The van der Waals surface area contributed by atoms with E-state index in [2.05, 4.69) is 4.89 Å². The molecule has 0 aromatic carbocycles. The van der Waals surface area contributed by atoms with E-state index in [0.29, 0.717) is 0 Å². The standard InChI is InChI=1S/C8H16O4/c1-6(2)8(3,4)12-11-5-7(9)10/h6H,5H2,1-4H3,(H,9,10). The van der Waals surface area contributed by atoms with Crippen LogP contribution in [0.3, 0.4) is 0 Å². The summed E-state index contributed by atoms with van der Waals surface area (Å²) in [6.07, 6.45) is 0. The molecule has 72 valence electrons. The molecule has 4 nitrogen and oxygen atoms in total. The second-order valence-electron chi connectivity index (χ2n) is 3.50. The highest BCUT2D eigenvalue weighted by atomic mass is 17.2. The zero-order chi connectivity index (χ0) is 9.78. The number of carboxylic acid groups (broad SMARTS) is 1. The molecule has 0 unspecified atom stereocenters. The molecule has 0 rings (SSSR count). The van der Waals surface area contributed by atoms with Gasteiger partial charge < -0.3 is 5.11 Å². The third-order valence-corrected chi connectivity index (χ3v) is 1.85. The molecule has 1 N–H and O–H groups in total. The predicted molar refractivity (Wildman–Crippen MR) is 43.6 cm³/mol. The molecule has 12 heavy (non-hydrogen) atoms. The maximum atomic E-state index is 10.1. The van der Waals surface area contributed by atoms with Gasteiger partial charge in [-0.1, -0.05) is 13.8 Å². The average Bonchev–Trinajstić information content (AvgIpc) is 1.85. The second kappa shape index (κ2) is 4.42. The van der Waals surface area contributed by atoms with Crippen LogP contribution in [0.1, 0.15) is 27.7 Å². The summed E-state index contributed by atoms with van der Waals surface area (Å²) >= 11 is 0. The van der Waals surface area contributed by atoms with Crippen LogP contribution in [0.5, 0.6) is 0 Å². The van der Waals surface area contributed by atoms with Gasteiger partial charge in [0.2, 0.25) is 0 Å². The van der Waals surface area contributed by atoms with Crippen molar-refractivity contribution in [1.29, 1.82) is 0 Å². The second-order valence-corrected chi connectivity index (χ2v) is 3.50. The molecule has 0 bridgehead atoms. The minimum atomic E-state index is -1.03. The lowest BCUT2D eigenvalue weighted by Gasteiger charge is -2.26. The Kier molecular flexibility index (Phi) is 4.20. The molecule has 0 spiro atoms. The summed E-state index contributed by atoms with van der Waals surface area (Å²) in [5, 5.41) is 8.24. The maximum absolute atomic E-state index is 10.1. The Morgan fingerprint density at radius 1 is 1.50 bits per heavy atom. The monoisotopic (exact) mass is 176 g/mol. The van der Waals surface area contributed by atoms with E-state index < -0.39 is 18.2 Å². The number of hydrogen-bond acceptors (Lipinski definition) is 3. The summed E-state index contributed by atoms with van der Waals surface area (Å²) in [5.74, 6) is -0.763. The molecule has 0 radical (unpaired) electrons. The lowest BCUT2D eigenvalue weighted by Crippen LogP contribution is -2.31. The molecule has 0 amide bonds. The van der Waals surface area contributed by atoms with Crippen molar-refractivity contribution in [2.24, 2.45) is 5.92 Å². The van der Waals surface area contributed by atoms with Crippen molar-refractivity contribution in [1.82, 2.24) is 0 Å². The molecule has 0 saturated heterocycles. The van der Waals surface area contributed by atoms with Gasteiger partial charge in [-0.3, -0.25) is 0 Å². The van der Waals surface area contributed by atoms with E-state index in [1.165, 1.54) is 0 Å². The molecule has 0 aromatic rings. The SMILES string of the molecule is CC(C)C(C)(C)OOCC(=O)O. The van der Waals surface area contributed by atoms with E-state index in [1.54, 1.807) is 0 Å². The van der Waals surface area contributed by atoms with Gasteiger partial charge in [-0.05, 0) is 19.8 Å². The van der Waals surface area contributed by atoms with Crippen LogP contribution in [-0.2, 0) is 14.6 Å². The molecule has 0 aliphatic rings. The summed E-state index contributed by atoms with van der Waals surface area (Å²) in [7, 11) is 0. The van der Waals surface area contributed by atoms with Gasteiger partial charge in [0.1, 0.15) is 5.60 Å². The Hall–Kier alpha value is -0.610. The van der Waals surface area contributed by atoms with E-state index >= 15 is 0 Å². The summed E-state index contributed by atoms with van der Waals surface area (Å²) in [6, 6.07) is 0. The predicted octanol–water partition coefficient (Wildman–Crippen LogP) is 1.45. The molecule has 4 heteroatoms. The summed E-state index contributed by atoms with van der Waals surface area (Å²) in [4.78, 5) is 19.5. The fraction of sp³-hybridized carbons (Fsp3) is 0.875. The third kappa shape index (κ3) is 4.31. The van der Waals surface area contributed by atoms with Gasteiger partial charge >= 0.3 is 5.97 Å². The van der Waals surface area contributed by atoms with Crippen LogP contribution in [0.15, 0.2) is 0 Å². The van der Waals surface area contributed by atoms with Crippen molar-refractivity contribution in [3.05, 3.63) is 0 Å². The molecule has 0 atom stereocenters. The Morgan fingerprint density at radius 3 is 2.33 bits per heavy atom. The molecule has 0 heterocycles. The number of aliphatic carboxylic acids is 1. The number of rotatable bonds is 5. The van der Waals surface area contributed by atoms with Crippen molar-refractivity contribution in [3.63, 3.8) is 0 Å². The van der Waals surface area contributed by atoms with Crippen LogP contribution in [0.25, 0.3) is 0 Å². The first-order valence-electron chi connectivity index (χ1n) is 3.88. The van der Waals surface area contributed by atoms with Crippen LogP contribution in [0.2, 0.25) is 0 Å². The summed E-state index contributed by atoms with van der Waals surface area (Å²) in [6.45, 7) is 7.23. The average molecular weight is 176 g/mol. The summed E-state index contributed by atoms with van der Waals surface area (Å²) in [5.41, 5.74) is -0.449. The minimum Gasteiger partial charge on any atom is -0.479 e. The fourth-order valence-electron chi connectivity index (χ4n) is 0.328. The van der Waals surface area contributed by atoms with Gasteiger partial charge in [0.15, 0.2) is 6.61 Å². The van der Waals surface area contributed by atoms with Gasteiger partial charge in [-0.25, -0.2) is 14.6 Å². The Morgan fingerprint density at radius 2 is 2.00 bits per heavy atom. The normalized spacial score (nSPS) is 12.1. The minimum absolute atomic E-state index is 0.270. The smallest absolute Gasteiger partial charge is 0.333 e. The van der Waals surface area contributed by atoms with Crippen molar-refractivity contribution >= 4 is 5.97 Å². The highest BCUT2D eigenvalue weighted by Gasteiger charge is 2.24. The van der Waals surface area contributed by atoms with Crippen molar-refractivity contribution in [2.75, 3.05) is 6.61 Å². The van der Waals surface area contributed by atoms with E-state index in [-0.39, 0.29) is 5.92 Å². The van der Waals surface area contributed by atoms with E-state index in [0.717, 1.165) is 0 Å². The number of carboxylic acids is 1. The van der Waals surface area contributed by atoms with Crippen molar-refractivity contribution < 1.29 is 19.7 Å². The van der Waals surface area contributed by atoms with Gasteiger partial charge in [0, 0.05) is 0 Å². The number of carbonyl (C=O) groups is 1. The molecular formula is C8H16O4. The zero-order valence-corrected chi connectivity index (χ0v) is 7.96. The number of hydrogen-bond donors (Lipinski definition) is 1. The van der Waals surface area contributed by atoms with E-state index in [4.69, 9.17) is 9.99 Å². The Balaban J connectivity index is 3.69.